The molecule has 0 saturated carbocycles. The molecule has 23 heavy (non-hydrogen) atoms. The fourth-order valence-electron chi connectivity index (χ4n) is 1.62. The Labute approximate surface area is 161 Å². The Hall–Kier alpha value is -0.460. The van der Waals surface area contributed by atoms with Crippen molar-refractivity contribution in [3.63, 3.8) is 0 Å². The average molecular weight is 417 g/mol. The van der Waals surface area contributed by atoms with Crippen LogP contribution in [0.1, 0.15) is 20.3 Å². The van der Waals surface area contributed by atoms with Gasteiger partial charge >= 0.3 is 0 Å². The molecule has 0 bridgehead atoms. The van der Waals surface area contributed by atoms with Crippen LogP contribution >= 0.6 is 58.6 Å². The Morgan fingerprint density at radius 3 is 2.22 bits per heavy atom. The summed E-state index contributed by atoms with van der Waals surface area (Å²) in [5.41, 5.74) is 0.712. The number of hydrogen-bond donors (Lipinski definition) is 3. The van der Waals surface area contributed by atoms with Crippen molar-refractivity contribution in [2.75, 3.05) is 5.32 Å². The lowest BCUT2D eigenvalue weighted by atomic mass is 10.1. The number of anilines is 1. The van der Waals surface area contributed by atoms with E-state index < -0.39 is 9.96 Å². The van der Waals surface area contributed by atoms with Crippen LogP contribution in [0.3, 0.4) is 0 Å². The summed E-state index contributed by atoms with van der Waals surface area (Å²) in [5.74, 6) is -0.0525. The molecule has 0 aromatic heterocycles. The van der Waals surface area contributed by atoms with Gasteiger partial charge in [0, 0.05) is 17.1 Å². The fraction of sp³-hybridized carbons (Fsp3) is 0.429. The van der Waals surface area contributed by atoms with Gasteiger partial charge in [-0.1, -0.05) is 60.3 Å². The monoisotopic (exact) mass is 415 g/mol. The van der Waals surface area contributed by atoms with E-state index in [0.717, 1.165) is 0 Å². The van der Waals surface area contributed by atoms with E-state index in [4.69, 9.17) is 58.6 Å². The van der Waals surface area contributed by atoms with Gasteiger partial charge < -0.3 is 16.0 Å². The van der Waals surface area contributed by atoms with E-state index in [1.165, 1.54) is 0 Å². The molecule has 0 aliphatic rings. The Morgan fingerprint density at radius 1 is 1.17 bits per heavy atom. The molecule has 4 nitrogen and oxygen atoms in total. The maximum absolute atomic E-state index is 11.9. The third-order valence-corrected chi connectivity index (χ3v) is 3.73. The van der Waals surface area contributed by atoms with Crippen LogP contribution in [0.4, 0.5) is 5.69 Å². The lowest BCUT2D eigenvalue weighted by Gasteiger charge is -2.28. The van der Waals surface area contributed by atoms with Crippen molar-refractivity contribution < 1.29 is 4.79 Å². The number of carbonyl (C=O) groups is 1. The van der Waals surface area contributed by atoms with Gasteiger partial charge in [0.2, 0.25) is 9.70 Å². The summed E-state index contributed by atoms with van der Waals surface area (Å²) >= 11 is 28.7. The number of thiocarbonyl (C=S) groups is 1. The van der Waals surface area contributed by atoms with Gasteiger partial charge in [-0.15, -0.1) is 0 Å². The van der Waals surface area contributed by atoms with Gasteiger partial charge in [0.05, 0.1) is 0 Å². The van der Waals surface area contributed by atoms with Gasteiger partial charge in [0.15, 0.2) is 5.11 Å². The maximum atomic E-state index is 11.9. The summed E-state index contributed by atoms with van der Waals surface area (Å²) in [7, 11) is 0. The first-order chi connectivity index (χ1) is 10.6. The van der Waals surface area contributed by atoms with Crippen molar-refractivity contribution in [1.29, 1.82) is 0 Å². The predicted molar refractivity (Wildman–Crippen MR) is 102 cm³/mol. The van der Waals surface area contributed by atoms with Crippen molar-refractivity contribution in [2.45, 2.75) is 30.2 Å². The van der Waals surface area contributed by atoms with E-state index in [2.05, 4.69) is 16.0 Å². The third-order valence-electron chi connectivity index (χ3n) is 2.60. The number of rotatable bonds is 5. The highest BCUT2D eigenvalue weighted by atomic mass is 35.6. The van der Waals surface area contributed by atoms with E-state index in [0.29, 0.717) is 17.1 Å². The van der Waals surface area contributed by atoms with Crippen molar-refractivity contribution in [1.82, 2.24) is 10.6 Å². The Balaban J connectivity index is 2.67. The highest BCUT2D eigenvalue weighted by molar-refractivity contribution is 7.80. The summed E-state index contributed by atoms with van der Waals surface area (Å²) < 4.78 is -1.77. The molecular weight excluding hydrogens is 400 g/mol. The predicted octanol–water partition coefficient (Wildman–Crippen LogP) is 4.49. The Morgan fingerprint density at radius 2 is 1.74 bits per heavy atom. The van der Waals surface area contributed by atoms with Gasteiger partial charge in [0.25, 0.3) is 0 Å². The molecular formula is C14H17Cl4N3OS. The molecule has 0 heterocycles. The molecule has 0 radical (unpaired) electrons. The summed E-state index contributed by atoms with van der Waals surface area (Å²) in [6.45, 7) is 3.84. The number of nitrogens with one attached hydrogen (secondary N) is 3. The van der Waals surface area contributed by atoms with Gasteiger partial charge in [-0.25, -0.2) is 0 Å². The molecule has 1 atom stereocenters. The second kappa shape index (κ2) is 9.14. The standard InChI is InChI=1S/C14H17Cl4N3OS/c1-8(2)7-11(22)20-12(14(16,17)18)21-13(23)19-10-5-3-9(15)4-6-10/h3-6,8,12H,7H2,1-2H3,(H,20,22)(H2,19,21,23). The van der Waals surface area contributed by atoms with E-state index in [1.54, 1.807) is 24.3 Å². The lowest BCUT2D eigenvalue weighted by molar-refractivity contribution is -0.122. The minimum absolute atomic E-state index is 0.185. The second-order valence-corrected chi connectivity index (χ2v) is 8.46. The molecule has 1 unspecified atom stereocenters. The SMILES string of the molecule is CC(C)CC(=O)NC(NC(=S)Nc1ccc(Cl)cc1)C(Cl)(Cl)Cl. The normalized spacial score (nSPS) is 12.7. The zero-order valence-corrected chi connectivity index (χ0v) is 16.3. The van der Waals surface area contributed by atoms with Crippen molar-refractivity contribution >= 4 is 75.3 Å². The van der Waals surface area contributed by atoms with Crippen LogP contribution < -0.4 is 16.0 Å². The van der Waals surface area contributed by atoms with E-state index in [1.807, 2.05) is 13.8 Å². The smallest absolute Gasteiger partial charge is 0.228 e. The third kappa shape index (κ3) is 8.27. The van der Waals surface area contributed by atoms with Crippen molar-refractivity contribution in [2.24, 2.45) is 5.92 Å². The molecule has 0 aliphatic carbocycles. The molecule has 3 N–H and O–H groups in total. The fourth-order valence-corrected chi connectivity index (χ4v) is 2.31. The van der Waals surface area contributed by atoms with Crippen LogP contribution in [0.15, 0.2) is 24.3 Å². The van der Waals surface area contributed by atoms with Gasteiger partial charge in [-0.2, -0.15) is 0 Å². The van der Waals surface area contributed by atoms with Crippen LogP contribution in [0.2, 0.25) is 5.02 Å². The first-order valence-corrected chi connectivity index (χ1v) is 8.69. The van der Waals surface area contributed by atoms with E-state index >= 15 is 0 Å². The lowest BCUT2D eigenvalue weighted by Crippen LogP contribution is -2.56. The quantitative estimate of drug-likeness (QED) is 0.376. The highest BCUT2D eigenvalue weighted by Crippen LogP contribution is 2.29. The van der Waals surface area contributed by atoms with E-state index in [-0.39, 0.29) is 16.9 Å². The number of halogens is 4. The van der Waals surface area contributed by atoms with E-state index in [9.17, 15) is 4.79 Å². The minimum Gasteiger partial charge on any atom is -0.339 e. The number of hydrogen-bond acceptors (Lipinski definition) is 2. The van der Waals surface area contributed by atoms with Crippen LogP contribution in [0.5, 0.6) is 0 Å². The zero-order valence-electron chi connectivity index (χ0n) is 12.5. The first kappa shape index (κ1) is 20.6. The van der Waals surface area contributed by atoms with Crippen LogP contribution in [0, 0.1) is 5.92 Å². The summed E-state index contributed by atoms with van der Waals surface area (Å²) in [6.07, 6.45) is -0.651. The summed E-state index contributed by atoms with van der Waals surface area (Å²) in [5, 5.41) is 9.13. The van der Waals surface area contributed by atoms with Crippen LogP contribution in [-0.2, 0) is 4.79 Å². The largest absolute Gasteiger partial charge is 0.339 e. The Bertz CT molecular complexity index is 546. The first-order valence-electron chi connectivity index (χ1n) is 6.77. The molecule has 0 saturated heterocycles. The van der Waals surface area contributed by atoms with Gasteiger partial charge in [0.1, 0.15) is 6.17 Å². The number of alkyl halides is 3. The molecule has 0 aliphatic heterocycles. The van der Waals surface area contributed by atoms with Crippen LogP contribution in [0.25, 0.3) is 0 Å². The van der Waals surface area contributed by atoms with Crippen LogP contribution in [-0.4, -0.2) is 21.0 Å². The maximum Gasteiger partial charge on any atom is 0.228 e. The minimum atomic E-state index is -1.77. The number of benzene rings is 1. The number of amides is 1. The van der Waals surface area contributed by atoms with Gasteiger partial charge in [-0.05, 0) is 42.4 Å². The molecule has 0 spiro atoms. The topological polar surface area (TPSA) is 53.2 Å². The van der Waals surface area contributed by atoms with Gasteiger partial charge in [-0.3, -0.25) is 4.79 Å². The molecule has 0 fully saturated rings. The molecule has 128 valence electrons. The molecule has 1 aromatic carbocycles. The Kier molecular flexibility index (Phi) is 8.18. The average Bonchev–Trinajstić information content (AvgIpc) is 2.38. The molecule has 9 heteroatoms. The summed E-state index contributed by atoms with van der Waals surface area (Å²) in [4.78, 5) is 11.9. The van der Waals surface area contributed by atoms with Crippen molar-refractivity contribution in [3.05, 3.63) is 29.3 Å². The van der Waals surface area contributed by atoms with Crippen molar-refractivity contribution in [3.8, 4) is 0 Å². The summed E-state index contributed by atoms with van der Waals surface area (Å²) in [6, 6.07) is 6.92. The molecule has 1 rings (SSSR count). The number of carbonyl (C=O) groups excluding carboxylic acids is 1. The zero-order chi connectivity index (χ0) is 17.6. The second-order valence-electron chi connectivity index (χ2n) is 5.25. The molecule has 1 amide bonds. The highest BCUT2D eigenvalue weighted by Gasteiger charge is 2.34. The molecule has 1 aromatic rings.